The first kappa shape index (κ1) is 5.74. The van der Waals surface area contributed by atoms with Gasteiger partial charge in [0.25, 0.3) is 0 Å². The highest BCUT2D eigenvalue weighted by atomic mass is 32.2. The molecule has 0 aromatic heterocycles. The maximum Gasteiger partial charge on any atom is 0.381 e. The second-order valence-electron chi connectivity index (χ2n) is 1.33. The van der Waals surface area contributed by atoms with Crippen molar-refractivity contribution in [3.8, 4) is 0 Å². The van der Waals surface area contributed by atoms with Gasteiger partial charge in [-0.2, -0.15) is 0 Å². The van der Waals surface area contributed by atoms with Crippen molar-refractivity contribution in [2.75, 3.05) is 5.75 Å². The molecule has 0 aliphatic carbocycles. The Labute approximate surface area is 49.4 Å². The summed E-state index contributed by atoms with van der Waals surface area (Å²) in [6.45, 7) is 0. The third kappa shape index (κ3) is 0.750. The summed E-state index contributed by atoms with van der Waals surface area (Å²) in [5.41, 5.74) is 0. The van der Waals surface area contributed by atoms with Crippen molar-refractivity contribution in [2.24, 2.45) is 0 Å². The number of quaternary nitrogens is 1. The van der Waals surface area contributed by atoms with Gasteiger partial charge in [0.1, 0.15) is 5.75 Å². The van der Waals surface area contributed by atoms with Crippen LogP contribution in [0.2, 0.25) is 0 Å². The first-order valence-corrected chi connectivity index (χ1v) is 2.94. The van der Waals surface area contributed by atoms with Crippen LogP contribution in [0.25, 0.3) is 0 Å². The number of rotatable bonds is 0. The van der Waals surface area contributed by atoms with Crippen molar-refractivity contribution in [1.29, 1.82) is 0 Å². The van der Waals surface area contributed by atoms with Gasteiger partial charge >= 0.3 is 11.1 Å². The van der Waals surface area contributed by atoms with E-state index in [0.717, 1.165) is 11.8 Å². The number of amides is 2. The molecule has 1 aliphatic rings. The zero-order valence-electron chi connectivity index (χ0n) is 3.84. The molecule has 8 heavy (non-hydrogen) atoms. The monoisotopic (exact) mass is 133 g/mol. The molecule has 1 heterocycles. The molecule has 44 valence electrons. The summed E-state index contributed by atoms with van der Waals surface area (Å²) in [5, 5.41) is 8.72. The van der Waals surface area contributed by atoms with Crippen molar-refractivity contribution < 1.29 is 14.7 Å². The molecule has 0 aromatic rings. The molecule has 1 aliphatic heterocycles. The molecular weight excluding hydrogens is 130 g/mol. The Bertz CT molecular complexity index is 129. The van der Waals surface area contributed by atoms with Crippen LogP contribution in [0.1, 0.15) is 0 Å². The maximum atomic E-state index is 10.2. The molecule has 1 N–H and O–H groups in total. The first-order chi connectivity index (χ1) is 3.72. The van der Waals surface area contributed by atoms with Crippen LogP contribution in [0, 0.1) is 5.21 Å². The Morgan fingerprint density at radius 3 is 2.38 bits per heavy atom. The molecule has 0 aromatic carbocycles. The summed E-state index contributed by atoms with van der Waals surface area (Å²) in [6, 6.07) is 0. The summed E-state index contributed by atoms with van der Waals surface area (Å²) in [5.74, 6) is -0.530. The minimum atomic E-state index is -0.852. The van der Waals surface area contributed by atoms with Crippen LogP contribution in [0.15, 0.2) is 0 Å². The van der Waals surface area contributed by atoms with Crippen LogP contribution in [0.4, 0.5) is 4.79 Å². The summed E-state index contributed by atoms with van der Waals surface area (Å²) in [6.07, 6.45) is 0. The van der Waals surface area contributed by atoms with Crippen LogP contribution in [0.5, 0.6) is 0 Å². The fraction of sp³-hybridized carbons (Fsp3) is 0.333. The minimum Gasteiger partial charge on any atom is -0.618 e. The molecule has 1 unspecified atom stereocenters. The van der Waals surface area contributed by atoms with E-state index in [0.29, 0.717) is 0 Å². The molecule has 0 spiro atoms. The zero-order valence-corrected chi connectivity index (χ0v) is 4.66. The van der Waals surface area contributed by atoms with Crippen molar-refractivity contribution >= 4 is 22.9 Å². The molecule has 2 amide bonds. The number of carbonyl (C=O) groups excluding carboxylic acids is 2. The molecule has 1 saturated heterocycles. The van der Waals surface area contributed by atoms with Gasteiger partial charge in [-0.3, -0.25) is 0 Å². The van der Waals surface area contributed by atoms with Crippen molar-refractivity contribution in [3.05, 3.63) is 5.21 Å². The molecule has 0 saturated carbocycles. The van der Waals surface area contributed by atoms with E-state index in [1.165, 1.54) is 0 Å². The minimum absolute atomic E-state index is 0.0394. The van der Waals surface area contributed by atoms with Gasteiger partial charge in [-0.15, -0.1) is 0 Å². The molecule has 5 heteroatoms. The maximum absolute atomic E-state index is 10.2. The first-order valence-electron chi connectivity index (χ1n) is 1.96. The summed E-state index contributed by atoms with van der Waals surface area (Å²) in [4.78, 5) is 20.4. The highest BCUT2D eigenvalue weighted by molar-refractivity contribution is 8.14. The van der Waals surface area contributed by atoms with Gasteiger partial charge in [0.15, 0.2) is 0 Å². The molecule has 1 atom stereocenters. The number of hydrogen-bond acceptors (Lipinski definition) is 4. The van der Waals surface area contributed by atoms with E-state index < -0.39 is 16.2 Å². The quantitative estimate of drug-likeness (QED) is 0.420. The average Bonchev–Trinajstić information content (AvgIpc) is 1.98. The third-order valence-electron chi connectivity index (χ3n) is 0.773. The Hall–Kier alpha value is -0.390. The molecule has 0 bridgehead atoms. The SMILES string of the molecule is O=C1CSC(=O)[NH+]1[O-]. The summed E-state index contributed by atoms with van der Waals surface area (Å²) < 4.78 is 0. The number of hydrogen-bond donors (Lipinski definition) is 1. The predicted octanol–water partition coefficient (Wildman–Crippen LogP) is -1.24. The molecule has 0 radical (unpaired) electrons. The van der Waals surface area contributed by atoms with E-state index in [2.05, 4.69) is 0 Å². The molecule has 1 fully saturated rings. The van der Waals surface area contributed by atoms with Crippen molar-refractivity contribution in [1.82, 2.24) is 0 Å². The third-order valence-corrected chi connectivity index (χ3v) is 1.63. The van der Waals surface area contributed by atoms with Gasteiger partial charge < -0.3 is 5.21 Å². The van der Waals surface area contributed by atoms with Gasteiger partial charge in [0.05, 0.1) is 0 Å². The van der Waals surface area contributed by atoms with Crippen molar-refractivity contribution in [2.45, 2.75) is 0 Å². The second-order valence-corrected chi connectivity index (χ2v) is 2.28. The molecule has 4 nitrogen and oxygen atoms in total. The van der Waals surface area contributed by atoms with Gasteiger partial charge in [-0.05, 0) is 11.8 Å². The van der Waals surface area contributed by atoms with Gasteiger partial charge in [0, 0.05) is 0 Å². The van der Waals surface area contributed by atoms with E-state index in [9.17, 15) is 14.8 Å². The fourth-order valence-electron chi connectivity index (χ4n) is 0.376. The smallest absolute Gasteiger partial charge is 0.381 e. The van der Waals surface area contributed by atoms with E-state index in [4.69, 9.17) is 0 Å². The Balaban J connectivity index is 2.70. The average molecular weight is 133 g/mol. The largest absolute Gasteiger partial charge is 0.618 e. The molecular formula is C3H3NO3S. The summed E-state index contributed by atoms with van der Waals surface area (Å²) in [7, 11) is 0. The standard InChI is InChI=1S/C3H3NO3S/c5-2-1-8-3(6)4(2)7/h4H,1H2. The number of hydroxylamine groups is 2. The van der Waals surface area contributed by atoms with Crippen LogP contribution >= 0.6 is 11.8 Å². The normalized spacial score (nSPS) is 29.4. The second kappa shape index (κ2) is 1.85. The Morgan fingerprint density at radius 1 is 1.62 bits per heavy atom. The lowest BCUT2D eigenvalue weighted by atomic mass is 10.7. The topological polar surface area (TPSA) is 61.6 Å². The lowest BCUT2D eigenvalue weighted by Gasteiger charge is -2.04. The van der Waals surface area contributed by atoms with Crippen LogP contribution in [0.3, 0.4) is 0 Å². The Morgan fingerprint density at radius 2 is 2.25 bits per heavy atom. The van der Waals surface area contributed by atoms with Crippen LogP contribution < -0.4 is 5.06 Å². The lowest BCUT2D eigenvalue weighted by Crippen LogP contribution is -3.09. The fourth-order valence-corrected chi connectivity index (χ4v) is 1.01. The van der Waals surface area contributed by atoms with Crippen LogP contribution in [-0.4, -0.2) is 16.9 Å². The Kier molecular flexibility index (Phi) is 1.33. The van der Waals surface area contributed by atoms with Gasteiger partial charge in [-0.1, -0.05) is 0 Å². The van der Waals surface area contributed by atoms with Gasteiger partial charge in [-0.25, -0.2) is 14.7 Å². The highest BCUT2D eigenvalue weighted by Gasteiger charge is 2.29. The number of thioether (sulfide) groups is 1. The van der Waals surface area contributed by atoms with Crippen molar-refractivity contribution in [3.63, 3.8) is 0 Å². The van der Waals surface area contributed by atoms with E-state index in [1.54, 1.807) is 0 Å². The van der Waals surface area contributed by atoms with Crippen LogP contribution in [-0.2, 0) is 4.79 Å². The van der Waals surface area contributed by atoms with E-state index >= 15 is 0 Å². The highest BCUT2D eigenvalue weighted by Crippen LogP contribution is 2.01. The lowest BCUT2D eigenvalue weighted by molar-refractivity contribution is -0.659. The summed E-state index contributed by atoms with van der Waals surface area (Å²) >= 11 is 0.775. The predicted molar refractivity (Wildman–Crippen MR) is 27.2 cm³/mol. The zero-order chi connectivity index (χ0) is 6.15. The van der Waals surface area contributed by atoms with Gasteiger partial charge in [0.2, 0.25) is 0 Å². The molecule has 1 rings (SSSR count). The van der Waals surface area contributed by atoms with E-state index in [1.807, 2.05) is 0 Å². The number of imide groups is 1. The number of carbonyl (C=O) groups is 2. The number of nitrogens with one attached hydrogen (secondary N) is 1. The van der Waals surface area contributed by atoms with E-state index in [-0.39, 0.29) is 5.75 Å².